The zero-order chi connectivity index (χ0) is 13.1. The number of hydrogen-bond acceptors (Lipinski definition) is 2. The Labute approximate surface area is 104 Å². The number of aryl methyl sites for hydroxylation is 1. The van der Waals surface area contributed by atoms with Gasteiger partial charge in [-0.1, -0.05) is 24.3 Å². The first-order valence-electron chi connectivity index (χ1n) is 5.57. The second-order valence-electron chi connectivity index (χ2n) is 4.13. The standard InChI is InChI=1S/C14H13NO3/c1-10-4-2-3-5-12(10)8-11-6-7-15(14(17)18)13(16)9-11/h2-7,9H,8H2,1H3,(H,17,18). The maximum absolute atomic E-state index is 11.5. The van der Waals surface area contributed by atoms with E-state index < -0.39 is 11.7 Å². The molecule has 0 amide bonds. The molecule has 18 heavy (non-hydrogen) atoms. The number of nitrogens with zero attached hydrogens (tertiary/aromatic N) is 1. The van der Waals surface area contributed by atoms with Crippen molar-refractivity contribution in [3.8, 4) is 0 Å². The predicted octanol–water partition coefficient (Wildman–Crippen LogP) is 2.27. The Morgan fingerprint density at radius 3 is 2.61 bits per heavy atom. The minimum absolute atomic E-state index is 0.520. The number of benzene rings is 1. The Morgan fingerprint density at radius 2 is 2.00 bits per heavy atom. The molecule has 0 saturated carbocycles. The highest BCUT2D eigenvalue weighted by Crippen LogP contribution is 2.12. The molecule has 0 fully saturated rings. The van der Waals surface area contributed by atoms with Crippen LogP contribution in [0.1, 0.15) is 16.7 Å². The van der Waals surface area contributed by atoms with E-state index in [4.69, 9.17) is 5.11 Å². The average Bonchev–Trinajstić information content (AvgIpc) is 2.32. The van der Waals surface area contributed by atoms with Crippen LogP contribution in [0, 0.1) is 6.92 Å². The molecule has 0 unspecified atom stereocenters. The van der Waals surface area contributed by atoms with Crippen LogP contribution in [-0.2, 0) is 6.42 Å². The van der Waals surface area contributed by atoms with Crippen LogP contribution in [-0.4, -0.2) is 15.8 Å². The van der Waals surface area contributed by atoms with Gasteiger partial charge in [0, 0.05) is 12.3 Å². The fourth-order valence-electron chi connectivity index (χ4n) is 1.82. The minimum Gasteiger partial charge on any atom is -0.464 e. The summed E-state index contributed by atoms with van der Waals surface area (Å²) in [5.41, 5.74) is 2.57. The Balaban J connectivity index is 2.32. The SMILES string of the molecule is Cc1ccccc1Cc1ccn(C(=O)O)c(=O)c1. The highest BCUT2D eigenvalue weighted by molar-refractivity contribution is 5.67. The van der Waals surface area contributed by atoms with Crippen molar-refractivity contribution in [1.29, 1.82) is 0 Å². The van der Waals surface area contributed by atoms with E-state index in [-0.39, 0.29) is 0 Å². The van der Waals surface area contributed by atoms with Gasteiger partial charge in [-0.2, -0.15) is 0 Å². The molecule has 2 rings (SSSR count). The van der Waals surface area contributed by atoms with Crippen molar-refractivity contribution in [2.45, 2.75) is 13.3 Å². The third kappa shape index (κ3) is 2.48. The Hall–Kier alpha value is -2.36. The quantitative estimate of drug-likeness (QED) is 0.880. The predicted molar refractivity (Wildman–Crippen MR) is 68.1 cm³/mol. The van der Waals surface area contributed by atoms with E-state index in [1.165, 1.54) is 12.3 Å². The van der Waals surface area contributed by atoms with Crippen LogP contribution >= 0.6 is 0 Å². The molecule has 1 aromatic carbocycles. The summed E-state index contributed by atoms with van der Waals surface area (Å²) < 4.78 is 0.668. The Bertz CT molecular complexity index is 643. The van der Waals surface area contributed by atoms with Crippen molar-refractivity contribution >= 4 is 6.09 Å². The molecule has 0 radical (unpaired) electrons. The fourth-order valence-corrected chi connectivity index (χ4v) is 1.82. The van der Waals surface area contributed by atoms with Crippen LogP contribution in [0.4, 0.5) is 4.79 Å². The van der Waals surface area contributed by atoms with Gasteiger partial charge in [0.1, 0.15) is 0 Å². The smallest absolute Gasteiger partial charge is 0.418 e. The third-order valence-corrected chi connectivity index (χ3v) is 2.85. The number of rotatable bonds is 2. The van der Waals surface area contributed by atoms with E-state index in [1.807, 2.05) is 31.2 Å². The molecule has 1 N–H and O–H groups in total. The lowest BCUT2D eigenvalue weighted by Gasteiger charge is -2.06. The van der Waals surface area contributed by atoms with E-state index in [9.17, 15) is 9.59 Å². The van der Waals surface area contributed by atoms with Gasteiger partial charge in [-0.15, -0.1) is 0 Å². The second-order valence-corrected chi connectivity index (χ2v) is 4.13. The van der Waals surface area contributed by atoms with Gasteiger partial charge in [-0.3, -0.25) is 4.79 Å². The van der Waals surface area contributed by atoms with Crippen molar-refractivity contribution in [3.63, 3.8) is 0 Å². The zero-order valence-electron chi connectivity index (χ0n) is 9.96. The van der Waals surface area contributed by atoms with Crippen molar-refractivity contribution in [1.82, 2.24) is 4.57 Å². The van der Waals surface area contributed by atoms with E-state index in [0.29, 0.717) is 11.0 Å². The summed E-state index contributed by atoms with van der Waals surface area (Å²) in [6.07, 6.45) is 0.656. The topological polar surface area (TPSA) is 59.3 Å². The van der Waals surface area contributed by atoms with E-state index in [2.05, 4.69) is 0 Å². The molecule has 0 spiro atoms. The lowest BCUT2D eigenvalue weighted by atomic mass is 10.0. The van der Waals surface area contributed by atoms with Crippen molar-refractivity contribution < 1.29 is 9.90 Å². The van der Waals surface area contributed by atoms with Gasteiger partial charge >= 0.3 is 6.09 Å². The molecule has 0 aliphatic carbocycles. The molecule has 2 aromatic rings. The summed E-state index contributed by atoms with van der Waals surface area (Å²) >= 11 is 0. The Morgan fingerprint density at radius 1 is 1.28 bits per heavy atom. The molecular weight excluding hydrogens is 230 g/mol. The molecule has 0 bridgehead atoms. The van der Waals surface area contributed by atoms with Gasteiger partial charge in [0.05, 0.1) is 0 Å². The van der Waals surface area contributed by atoms with Crippen LogP contribution in [0.25, 0.3) is 0 Å². The molecule has 1 aromatic heterocycles. The summed E-state index contributed by atoms with van der Waals surface area (Å²) in [5.74, 6) is 0. The molecule has 1 heterocycles. The molecule has 92 valence electrons. The highest BCUT2D eigenvalue weighted by Gasteiger charge is 2.05. The Kier molecular flexibility index (Phi) is 3.28. The first-order chi connectivity index (χ1) is 8.58. The van der Waals surface area contributed by atoms with Gasteiger partial charge in [0.2, 0.25) is 0 Å². The highest BCUT2D eigenvalue weighted by atomic mass is 16.4. The number of aromatic nitrogens is 1. The lowest BCUT2D eigenvalue weighted by Crippen LogP contribution is -2.24. The first kappa shape index (κ1) is 12.1. The summed E-state index contributed by atoms with van der Waals surface area (Å²) in [6, 6.07) is 10.9. The van der Waals surface area contributed by atoms with Crippen molar-refractivity contribution in [2.24, 2.45) is 0 Å². The van der Waals surface area contributed by atoms with Crippen molar-refractivity contribution in [3.05, 3.63) is 69.6 Å². The van der Waals surface area contributed by atoms with Gasteiger partial charge in [-0.05, 0) is 36.1 Å². The van der Waals surface area contributed by atoms with Gasteiger partial charge in [0.25, 0.3) is 5.56 Å². The van der Waals surface area contributed by atoms with Crippen LogP contribution in [0.15, 0.2) is 47.4 Å². The van der Waals surface area contributed by atoms with Gasteiger partial charge in [-0.25, -0.2) is 9.36 Å². The lowest BCUT2D eigenvalue weighted by molar-refractivity contribution is 0.195. The number of carboxylic acid groups (broad SMARTS) is 1. The minimum atomic E-state index is -1.26. The van der Waals surface area contributed by atoms with Crippen LogP contribution in [0.3, 0.4) is 0 Å². The van der Waals surface area contributed by atoms with Crippen LogP contribution in [0.2, 0.25) is 0 Å². The van der Waals surface area contributed by atoms with Gasteiger partial charge in [0.15, 0.2) is 0 Å². The number of pyridine rings is 1. The first-order valence-corrected chi connectivity index (χ1v) is 5.57. The van der Waals surface area contributed by atoms with Crippen molar-refractivity contribution in [2.75, 3.05) is 0 Å². The van der Waals surface area contributed by atoms with E-state index in [0.717, 1.165) is 16.7 Å². The summed E-state index contributed by atoms with van der Waals surface area (Å²) in [6.45, 7) is 2.01. The summed E-state index contributed by atoms with van der Waals surface area (Å²) in [4.78, 5) is 22.2. The molecule has 0 aliphatic heterocycles. The number of carbonyl (C=O) groups is 1. The van der Waals surface area contributed by atoms with E-state index >= 15 is 0 Å². The normalized spacial score (nSPS) is 10.3. The average molecular weight is 243 g/mol. The fraction of sp³-hybridized carbons (Fsp3) is 0.143. The number of hydrogen-bond donors (Lipinski definition) is 1. The summed E-state index contributed by atoms with van der Waals surface area (Å²) in [5, 5.41) is 8.75. The molecule has 4 heteroatoms. The van der Waals surface area contributed by atoms with Gasteiger partial charge < -0.3 is 5.11 Å². The third-order valence-electron chi connectivity index (χ3n) is 2.85. The zero-order valence-corrected chi connectivity index (χ0v) is 9.96. The molecule has 0 aliphatic rings. The molecule has 4 nitrogen and oxygen atoms in total. The summed E-state index contributed by atoms with van der Waals surface area (Å²) in [7, 11) is 0. The monoisotopic (exact) mass is 243 g/mol. The maximum atomic E-state index is 11.5. The van der Waals surface area contributed by atoms with Crippen LogP contribution in [0.5, 0.6) is 0 Å². The largest absolute Gasteiger partial charge is 0.464 e. The van der Waals surface area contributed by atoms with Crippen LogP contribution < -0.4 is 5.56 Å². The van der Waals surface area contributed by atoms with E-state index in [1.54, 1.807) is 6.07 Å². The second kappa shape index (κ2) is 4.87. The molecule has 0 saturated heterocycles. The molecule has 0 atom stereocenters. The maximum Gasteiger partial charge on any atom is 0.418 e. The molecular formula is C14H13NO3.